The molecule has 0 aliphatic heterocycles. The van der Waals surface area contributed by atoms with Gasteiger partial charge in [-0.1, -0.05) is 38.7 Å². The van der Waals surface area contributed by atoms with Crippen LogP contribution in [0.4, 0.5) is 9.59 Å². The summed E-state index contributed by atoms with van der Waals surface area (Å²) in [5, 5.41) is 13.7. The van der Waals surface area contributed by atoms with Crippen LogP contribution >= 0.6 is 0 Å². The minimum absolute atomic E-state index is 0.0917. The zero-order valence-electron chi connectivity index (χ0n) is 20.6. The maximum Gasteiger partial charge on any atom is 0.407 e. The number of amides is 2. The molecule has 3 N–H and O–H groups in total. The molecule has 11 heteroatoms. The molecule has 0 radical (unpaired) electrons. The number of hydrogen-bond donors (Lipinski definition) is 3. The molecule has 0 fully saturated rings. The van der Waals surface area contributed by atoms with Crippen molar-refractivity contribution in [1.82, 2.24) is 10.6 Å². The SMILES string of the molecule is CCCCCCCOCCOCCNC(=O)OCCOCCOCCNC(=O)OC/C=C\CO. The fourth-order valence-electron chi connectivity index (χ4n) is 2.46. The molecule has 0 aromatic heterocycles. The number of aliphatic hydroxyl groups is 1. The lowest BCUT2D eigenvalue weighted by molar-refractivity contribution is 0.0276. The molecular formula is C23H44N2O9. The van der Waals surface area contributed by atoms with Crippen LogP contribution in [0.2, 0.25) is 0 Å². The molecule has 0 atom stereocenters. The van der Waals surface area contributed by atoms with Gasteiger partial charge in [0, 0.05) is 19.7 Å². The van der Waals surface area contributed by atoms with Crippen LogP contribution < -0.4 is 10.6 Å². The Morgan fingerprint density at radius 2 is 1.18 bits per heavy atom. The summed E-state index contributed by atoms with van der Waals surface area (Å²) in [6.45, 7) is 6.52. The quantitative estimate of drug-likeness (QED) is 0.137. The first kappa shape index (κ1) is 32.1. The highest BCUT2D eigenvalue weighted by atomic mass is 16.6. The Balaban J connectivity index is 3.24. The fourth-order valence-corrected chi connectivity index (χ4v) is 2.46. The van der Waals surface area contributed by atoms with E-state index in [0.717, 1.165) is 13.0 Å². The summed E-state index contributed by atoms with van der Waals surface area (Å²) in [6, 6.07) is 0. The van der Waals surface area contributed by atoms with Crippen LogP contribution in [0, 0.1) is 0 Å². The van der Waals surface area contributed by atoms with E-state index in [0.29, 0.717) is 52.7 Å². The molecular weight excluding hydrogens is 448 g/mol. The Morgan fingerprint density at radius 1 is 0.647 bits per heavy atom. The maximum atomic E-state index is 11.5. The number of ether oxygens (including phenoxy) is 6. The van der Waals surface area contributed by atoms with Crippen LogP contribution in [0.5, 0.6) is 0 Å². The predicted octanol–water partition coefficient (Wildman–Crippen LogP) is 2.02. The van der Waals surface area contributed by atoms with Gasteiger partial charge in [0.25, 0.3) is 0 Å². The number of hydrogen-bond acceptors (Lipinski definition) is 9. The van der Waals surface area contributed by atoms with E-state index in [2.05, 4.69) is 17.6 Å². The van der Waals surface area contributed by atoms with Gasteiger partial charge in [0.05, 0.1) is 52.9 Å². The Bertz CT molecular complexity index is 493. The zero-order chi connectivity index (χ0) is 25.0. The Hall–Kier alpha value is -1.92. The summed E-state index contributed by atoms with van der Waals surface area (Å²) in [5.41, 5.74) is 0. The molecule has 0 aromatic rings. The number of carbonyl (C=O) groups is 2. The van der Waals surface area contributed by atoms with Crippen molar-refractivity contribution >= 4 is 12.2 Å². The van der Waals surface area contributed by atoms with Crippen LogP contribution in [-0.2, 0) is 28.4 Å². The van der Waals surface area contributed by atoms with Crippen molar-refractivity contribution in [3.63, 3.8) is 0 Å². The van der Waals surface area contributed by atoms with Crippen molar-refractivity contribution in [2.75, 3.05) is 85.8 Å². The lowest BCUT2D eigenvalue weighted by Crippen LogP contribution is -2.29. The van der Waals surface area contributed by atoms with Crippen LogP contribution in [0.25, 0.3) is 0 Å². The van der Waals surface area contributed by atoms with Crippen molar-refractivity contribution in [2.24, 2.45) is 0 Å². The highest BCUT2D eigenvalue weighted by Gasteiger charge is 2.01. The standard InChI is InChI=1S/C23H44N2O9/c1-2-3-4-5-7-12-29-16-17-30-15-10-25-23(28)34-21-20-32-19-18-31-14-9-24-22(27)33-13-8-6-11-26/h6,8,26H,2-5,7,9-21H2,1H3,(H,24,27)(H,25,28)/b8-6-. The topological polar surface area (TPSA) is 134 Å². The highest BCUT2D eigenvalue weighted by molar-refractivity contribution is 5.67. The maximum absolute atomic E-state index is 11.5. The van der Waals surface area contributed by atoms with E-state index >= 15 is 0 Å². The summed E-state index contributed by atoms with van der Waals surface area (Å²) in [6.07, 6.45) is 8.06. The summed E-state index contributed by atoms with van der Waals surface area (Å²) in [4.78, 5) is 22.8. The number of nitrogens with one attached hydrogen (secondary N) is 2. The summed E-state index contributed by atoms with van der Waals surface area (Å²) >= 11 is 0. The molecule has 0 saturated heterocycles. The smallest absolute Gasteiger partial charge is 0.407 e. The van der Waals surface area contributed by atoms with Crippen LogP contribution in [0.1, 0.15) is 39.0 Å². The van der Waals surface area contributed by atoms with Gasteiger partial charge in [-0.2, -0.15) is 0 Å². The van der Waals surface area contributed by atoms with Crippen molar-refractivity contribution in [1.29, 1.82) is 0 Å². The third-order valence-electron chi connectivity index (χ3n) is 4.21. The van der Waals surface area contributed by atoms with Gasteiger partial charge in [0.2, 0.25) is 0 Å². The largest absolute Gasteiger partial charge is 0.447 e. The second-order valence-electron chi connectivity index (χ2n) is 7.11. The van der Waals surface area contributed by atoms with E-state index in [9.17, 15) is 9.59 Å². The first-order valence-corrected chi connectivity index (χ1v) is 12.1. The van der Waals surface area contributed by atoms with E-state index in [1.54, 1.807) is 6.08 Å². The van der Waals surface area contributed by atoms with Gasteiger partial charge in [-0.05, 0) is 12.5 Å². The van der Waals surface area contributed by atoms with E-state index in [-0.39, 0.29) is 26.4 Å². The first-order chi connectivity index (χ1) is 16.7. The minimum atomic E-state index is -0.554. The Kier molecular flexibility index (Phi) is 25.8. The van der Waals surface area contributed by atoms with E-state index < -0.39 is 12.2 Å². The number of carbonyl (C=O) groups excluding carboxylic acids is 2. The average Bonchev–Trinajstić information content (AvgIpc) is 2.83. The fraction of sp³-hybridized carbons (Fsp3) is 0.826. The normalized spacial score (nSPS) is 11.0. The number of unbranched alkanes of at least 4 members (excludes halogenated alkanes) is 4. The monoisotopic (exact) mass is 492 g/mol. The number of aliphatic hydroxyl groups excluding tert-OH is 1. The molecule has 0 unspecified atom stereocenters. The second kappa shape index (κ2) is 27.3. The van der Waals surface area contributed by atoms with Gasteiger partial charge in [0.15, 0.2) is 0 Å². The summed E-state index contributed by atoms with van der Waals surface area (Å²) < 4.78 is 31.3. The van der Waals surface area contributed by atoms with Crippen LogP contribution in [-0.4, -0.2) is 103 Å². The lowest BCUT2D eigenvalue weighted by Gasteiger charge is -2.09. The predicted molar refractivity (Wildman–Crippen MR) is 127 cm³/mol. The van der Waals surface area contributed by atoms with Crippen LogP contribution in [0.15, 0.2) is 12.2 Å². The third-order valence-corrected chi connectivity index (χ3v) is 4.21. The summed E-state index contributed by atoms with van der Waals surface area (Å²) in [7, 11) is 0. The van der Waals surface area contributed by atoms with E-state index in [1.165, 1.54) is 31.8 Å². The molecule has 0 rings (SSSR count). The molecule has 0 spiro atoms. The van der Waals surface area contributed by atoms with Crippen LogP contribution in [0.3, 0.4) is 0 Å². The van der Waals surface area contributed by atoms with Gasteiger partial charge < -0.3 is 44.2 Å². The van der Waals surface area contributed by atoms with Crippen molar-refractivity contribution in [2.45, 2.75) is 39.0 Å². The van der Waals surface area contributed by atoms with Crippen molar-refractivity contribution in [3.05, 3.63) is 12.2 Å². The molecule has 0 aromatic carbocycles. The highest BCUT2D eigenvalue weighted by Crippen LogP contribution is 2.02. The van der Waals surface area contributed by atoms with Crippen molar-refractivity contribution < 1.29 is 43.1 Å². The molecule has 0 bridgehead atoms. The Labute approximate surface area is 203 Å². The average molecular weight is 493 g/mol. The first-order valence-electron chi connectivity index (χ1n) is 12.1. The molecule has 200 valence electrons. The molecule has 0 aliphatic carbocycles. The molecule has 11 nitrogen and oxygen atoms in total. The molecule has 0 saturated carbocycles. The van der Waals surface area contributed by atoms with Gasteiger partial charge in [0.1, 0.15) is 13.2 Å². The molecule has 2 amide bonds. The number of alkyl carbamates (subject to hydrolysis) is 2. The van der Waals surface area contributed by atoms with E-state index in [1.807, 2.05) is 0 Å². The van der Waals surface area contributed by atoms with Gasteiger partial charge in [-0.3, -0.25) is 0 Å². The van der Waals surface area contributed by atoms with E-state index in [4.69, 9.17) is 33.5 Å². The Morgan fingerprint density at radius 3 is 1.79 bits per heavy atom. The molecule has 0 heterocycles. The van der Waals surface area contributed by atoms with Gasteiger partial charge in [-0.15, -0.1) is 0 Å². The number of rotatable bonds is 24. The molecule has 34 heavy (non-hydrogen) atoms. The molecule has 0 aliphatic rings. The van der Waals surface area contributed by atoms with Gasteiger partial charge in [-0.25, -0.2) is 9.59 Å². The van der Waals surface area contributed by atoms with Gasteiger partial charge >= 0.3 is 12.2 Å². The summed E-state index contributed by atoms with van der Waals surface area (Å²) in [5.74, 6) is 0. The third kappa shape index (κ3) is 26.3. The zero-order valence-corrected chi connectivity index (χ0v) is 20.6. The second-order valence-corrected chi connectivity index (χ2v) is 7.11. The minimum Gasteiger partial charge on any atom is -0.447 e. The van der Waals surface area contributed by atoms with Crippen molar-refractivity contribution in [3.8, 4) is 0 Å². The lowest BCUT2D eigenvalue weighted by atomic mass is 10.2.